The Kier molecular flexibility index (Phi) is 8.27. The highest BCUT2D eigenvalue weighted by Gasteiger charge is 2.23. The fourth-order valence-corrected chi connectivity index (χ4v) is 3.38. The van der Waals surface area contributed by atoms with Gasteiger partial charge in [-0.1, -0.05) is 32.0 Å². The van der Waals surface area contributed by atoms with Gasteiger partial charge in [-0.25, -0.2) is 5.48 Å². The molecule has 0 bridgehead atoms. The van der Waals surface area contributed by atoms with Crippen molar-refractivity contribution in [3.05, 3.63) is 59.2 Å². The van der Waals surface area contributed by atoms with Gasteiger partial charge in [-0.15, -0.1) is 0 Å². The van der Waals surface area contributed by atoms with Gasteiger partial charge in [-0.3, -0.25) is 14.8 Å². The number of nitrogens with one attached hydrogen (secondary N) is 1. The first kappa shape index (κ1) is 23.3. The molecule has 2 aromatic rings. The fraction of sp³-hybridized carbons (Fsp3) is 0.360. The van der Waals surface area contributed by atoms with Crippen molar-refractivity contribution < 1.29 is 29.0 Å². The third-order valence-electron chi connectivity index (χ3n) is 5.11. The van der Waals surface area contributed by atoms with E-state index in [2.05, 4.69) is 13.8 Å². The van der Waals surface area contributed by atoms with Gasteiger partial charge in [-0.2, -0.15) is 0 Å². The number of amides is 1. The van der Waals surface area contributed by atoms with Gasteiger partial charge in [0.2, 0.25) is 0 Å². The van der Waals surface area contributed by atoms with Crippen LogP contribution in [0.4, 0.5) is 0 Å². The summed E-state index contributed by atoms with van der Waals surface area (Å²) in [7, 11) is 0. The Bertz CT molecular complexity index is 965. The maximum Gasteiger partial charge on any atom is 0.311 e. The summed E-state index contributed by atoms with van der Waals surface area (Å²) < 4.78 is 17.3. The Labute approximate surface area is 187 Å². The molecule has 0 atom stereocenters. The lowest BCUT2D eigenvalue weighted by Crippen LogP contribution is -2.18. The van der Waals surface area contributed by atoms with Gasteiger partial charge in [0.05, 0.1) is 6.42 Å². The number of benzene rings is 2. The first-order valence-electron chi connectivity index (χ1n) is 10.8. The molecule has 32 heavy (non-hydrogen) atoms. The van der Waals surface area contributed by atoms with E-state index in [1.165, 1.54) is 6.08 Å². The summed E-state index contributed by atoms with van der Waals surface area (Å²) in [5.41, 5.74) is 4.35. The second-order valence-corrected chi connectivity index (χ2v) is 8.01. The molecule has 0 spiro atoms. The Morgan fingerprint density at radius 2 is 1.88 bits per heavy atom. The molecule has 1 amide bonds. The number of hydrogen-bond acceptors (Lipinski definition) is 6. The molecule has 0 saturated carbocycles. The van der Waals surface area contributed by atoms with Crippen molar-refractivity contribution in [1.82, 2.24) is 5.48 Å². The van der Waals surface area contributed by atoms with E-state index in [0.29, 0.717) is 43.5 Å². The zero-order chi connectivity index (χ0) is 22.9. The van der Waals surface area contributed by atoms with Gasteiger partial charge in [0.15, 0.2) is 0 Å². The lowest BCUT2D eigenvalue weighted by Gasteiger charge is -2.22. The fourth-order valence-electron chi connectivity index (χ4n) is 3.38. The van der Waals surface area contributed by atoms with E-state index in [0.717, 1.165) is 35.3 Å². The number of hydrogen-bond donors (Lipinski definition) is 2. The van der Waals surface area contributed by atoms with Gasteiger partial charge in [0, 0.05) is 11.6 Å². The molecule has 1 aliphatic rings. The predicted octanol–water partition coefficient (Wildman–Crippen LogP) is 4.10. The lowest BCUT2D eigenvalue weighted by atomic mass is 9.96. The van der Waals surface area contributed by atoms with Crippen molar-refractivity contribution in [3.8, 4) is 17.2 Å². The zero-order valence-corrected chi connectivity index (χ0v) is 18.4. The average molecular weight is 440 g/mol. The number of esters is 1. The topological polar surface area (TPSA) is 94.1 Å². The molecule has 7 nitrogen and oxygen atoms in total. The van der Waals surface area contributed by atoms with Crippen LogP contribution in [0.2, 0.25) is 0 Å². The van der Waals surface area contributed by atoms with Crippen molar-refractivity contribution in [3.63, 3.8) is 0 Å². The van der Waals surface area contributed by atoms with E-state index < -0.39 is 5.91 Å². The highest BCUT2D eigenvalue weighted by atomic mass is 16.5. The number of rotatable bonds is 10. The molecule has 0 saturated heterocycles. The smallest absolute Gasteiger partial charge is 0.311 e. The maximum atomic E-state index is 11.8. The summed E-state index contributed by atoms with van der Waals surface area (Å²) in [6, 6.07) is 11.1. The van der Waals surface area contributed by atoms with Crippen molar-refractivity contribution in [1.29, 1.82) is 0 Å². The first-order valence-corrected chi connectivity index (χ1v) is 10.8. The molecule has 0 unspecified atom stereocenters. The summed E-state index contributed by atoms with van der Waals surface area (Å²) in [6.07, 6.45) is 5.68. The summed E-state index contributed by atoms with van der Waals surface area (Å²) in [5.74, 6) is 1.81. The zero-order valence-electron chi connectivity index (χ0n) is 18.4. The van der Waals surface area contributed by atoms with Gasteiger partial charge >= 0.3 is 5.97 Å². The molecular formula is C25H29NO6. The van der Waals surface area contributed by atoms with Crippen LogP contribution in [-0.2, 0) is 22.4 Å². The van der Waals surface area contributed by atoms with Crippen LogP contribution in [0.25, 0.3) is 6.08 Å². The highest BCUT2D eigenvalue weighted by molar-refractivity contribution is 5.90. The highest BCUT2D eigenvalue weighted by Crippen LogP contribution is 2.37. The minimum atomic E-state index is -0.591. The Morgan fingerprint density at radius 1 is 1.12 bits per heavy atom. The van der Waals surface area contributed by atoms with Gasteiger partial charge in [0.1, 0.15) is 30.5 Å². The van der Waals surface area contributed by atoms with Crippen LogP contribution in [0.3, 0.4) is 0 Å². The van der Waals surface area contributed by atoms with E-state index in [1.54, 1.807) is 35.8 Å². The molecule has 0 aliphatic carbocycles. The van der Waals surface area contributed by atoms with Crippen LogP contribution in [0, 0.1) is 5.92 Å². The summed E-state index contributed by atoms with van der Waals surface area (Å²) in [6.45, 7) is 5.03. The summed E-state index contributed by atoms with van der Waals surface area (Å²) in [5, 5.41) is 8.50. The number of ether oxygens (including phenoxy) is 3. The van der Waals surface area contributed by atoms with E-state index >= 15 is 0 Å². The van der Waals surface area contributed by atoms with E-state index in [9.17, 15) is 9.59 Å². The van der Waals surface area contributed by atoms with Crippen molar-refractivity contribution in [2.24, 2.45) is 5.92 Å². The van der Waals surface area contributed by atoms with E-state index in [1.807, 2.05) is 12.1 Å². The number of hydroxylamine groups is 1. The standard InChI is InChI=1S/C25H29NO6/c1-17(2)3-11-21-22(12-7-19-8-14-24(28)32-25(19)21)31-16-15-30-20-9-4-18(5-10-20)6-13-23(27)26-29/h4-7,9-10,12-13,17,29H,3,8,11,14-16H2,1-2H3,(H,26,27). The molecule has 2 aromatic carbocycles. The molecule has 170 valence electrons. The SMILES string of the molecule is CC(C)CCc1c(OCCOc2ccc(C=CC(=O)NO)cc2)ccc2c1OC(=O)CC2. The average Bonchev–Trinajstić information content (AvgIpc) is 2.79. The third kappa shape index (κ3) is 6.59. The third-order valence-corrected chi connectivity index (χ3v) is 5.11. The Balaban J connectivity index is 1.58. The number of aryl methyl sites for hydroxylation is 1. The molecule has 1 aliphatic heterocycles. The van der Waals surface area contributed by atoms with Crippen molar-refractivity contribution >= 4 is 18.0 Å². The second kappa shape index (κ2) is 11.3. The monoisotopic (exact) mass is 439 g/mol. The molecule has 3 rings (SSSR count). The molecule has 2 N–H and O–H groups in total. The summed E-state index contributed by atoms with van der Waals surface area (Å²) in [4.78, 5) is 22.9. The maximum absolute atomic E-state index is 11.8. The molecular weight excluding hydrogens is 410 g/mol. The van der Waals surface area contributed by atoms with Crippen LogP contribution in [-0.4, -0.2) is 30.3 Å². The Morgan fingerprint density at radius 3 is 2.59 bits per heavy atom. The van der Waals surface area contributed by atoms with Gasteiger partial charge in [-0.05, 0) is 60.6 Å². The van der Waals surface area contributed by atoms with E-state index in [-0.39, 0.29) is 5.97 Å². The van der Waals surface area contributed by atoms with Crippen molar-refractivity contribution in [2.75, 3.05) is 13.2 Å². The van der Waals surface area contributed by atoms with Crippen LogP contribution in [0.1, 0.15) is 43.4 Å². The molecule has 0 aromatic heterocycles. The molecule has 7 heteroatoms. The number of carbonyl (C=O) groups is 2. The van der Waals surface area contributed by atoms with Crippen LogP contribution in [0.15, 0.2) is 42.5 Å². The summed E-state index contributed by atoms with van der Waals surface area (Å²) >= 11 is 0. The molecule has 0 radical (unpaired) electrons. The van der Waals surface area contributed by atoms with Crippen LogP contribution < -0.4 is 19.7 Å². The van der Waals surface area contributed by atoms with Crippen LogP contribution >= 0.6 is 0 Å². The number of fused-ring (bicyclic) bond motifs is 1. The normalized spacial score (nSPS) is 13.1. The lowest BCUT2D eigenvalue weighted by molar-refractivity contribution is -0.135. The molecule has 1 heterocycles. The minimum absolute atomic E-state index is 0.195. The quantitative estimate of drug-likeness (QED) is 0.145. The minimum Gasteiger partial charge on any atom is -0.490 e. The van der Waals surface area contributed by atoms with Crippen LogP contribution in [0.5, 0.6) is 17.2 Å². The van der Waals surface area contributed by atoms with E-state index in [4.69, 9.17) is 19.4 Å². The Hall–Kier alpha value is -3.32. The number of carbonyl (C=O) groups excluding carboxylic acids is 2. The predicted molar refractivity (Wildman–Crippen MR) is 120 cm³/mol. The first-order chi connectivity index (χ1) is 15.5. The second-order valence-electron chi connectivity index (χ2n) is 8.01. The van der Waals surface area contributed by atoms with Gasteiger partial charge < -0.3 is 14.2 Å². The van der Waals surface area contributed by atoms with Crippen molar-refractivity contribution in [2.45, 2.75) is 39.5 Å². The van der Waals surface area contributed by atoms with Gasteiger partial charge in [0.25, 0.3) is 5.91 Å². The molecule has 0 fully saturated rings. The largest absolute Gasteiger partial charge is 0.490 e.